The number of hydrogen-bond acceptors (Lipinski definition) is 3. The van der Waals surface area contributed by atoms with E-state index in [1.165, 1.54) is 27.1 Å². The van der Waals surface area contributed by atoms with Crippen LogP contribution >= 0.6 is 6.91 Å². The standard InChI is InChI=1S/C20H22FO3P/c1-24-20(23)17(18(22)15-11-7-5-8-12-15)19(25(2,3,4)21)16-13-9-6-10-14-16/h5-14H,1-4H3/b19-17+. The van der Waals surface area contributed by atoms with Gasteiger partial charge in [0, 0.05) is 0 Å². The Morgan fingerprint density at radius 1 is 0.840 bits per heavy atom. The molecule has 0 aliphatic rings. The van der Waals surface area contributed by atoms with Crippen LogP contribution in [0.3, 0.4) is 0 Å². The van der Waals surface area contributed by atoms with Gasteiger partial charge in [0.05, 0.1) is 0 Å². The van der Waals surface area contributed by atoms with E-state index < -0.39 is 18.7 Å². The molecule has 0 saturated heterocycles. The average molecular weight is 360 g/mol. The molecule has 2 rings (SSSR count). The zero-order valence-corrected chi connectivity index (χ0v) is 15.7. The first kappa shape index (κ1) is 19.0. The number of carbonyl (C=O) groups is 2. The summed E-state index contributed by atoms with van der Waals surface area (Å²) >= 11 is 0. The van der Waals surface area contributed by atoms with E-state index >= 15 is 4.20 Å². The van der Waals surface area contributed by atoms with Gasteiger partial charge in [-0.2, -0.15) is 0 Å². The Morgan fingerprint density at radius 3 is 1.68 bits per heavy atom. The fourth-order valence-electron chi connectivity index (χ4n) is 2.69. The third-order valence-electron chi connectivity index (χ3n) is 3.69. The van der Waals surface area contributed by atoms with Crippen molar-refractivity contribution in [1.82, 2.24) is 0 Å². The van der Waals surface area contributed by atoms with Crippen molar-refractivity contribution < 1.29 is 18.5 Å². The third-order valence-corrected chi connectivity index (χ3v) is 5.68. The van der Waals surface area contributed by atoms with Gasteiger partial charge in [-0.1, -0.05) is 0 Å². The van der Waals surface area contributed by atoms with Crippen molar-refractivity contribution in [3.63, 3.8) is 0 Å². The molecule has 0 spiro atoms. The third kappa shape index (κ3) is 4.40. The molecule has 5 heteroatoms. The fraction of sp³-hybridized carbons (Fsp3) is 0.200. The maximum absolute atomic E-state index is 15.8. The summed E-state index contributed by atoms with van der Waals surface area (Å²) < 4.78 is 20.6. The van der Waals surface area contributed by atoms with E-state index in [1.807, 2.05) is 0 Å². The van der Waals surface area contributed by atoms with Gasteiger partial charge in [0.25, 0.3) is 0 Å². The van der Waals surface area contributed by atoms with Crippen molar-refractivity contribution in [3.8, 4) is 0 Å². The van der Waals surface area contributed by atoms with Crippen LogP contribution in [-0.2, 0) is 9.53 Å². The number of Topliss-reactive ketones (excluding diaryl/α,β-unsaturated/α-hetero) is 1. The molecule has 132 valence electrons. The van der Waals surface area contributed by atoms with Crippen molar-refractivity contribution in [3.05, 3.63) is 77.4 Å². The molecule has 0 aliphatic carbocycles. The van der Waals surface area contributed by atoms with Gasteiger partial charge in [-0.25, -0.2) is 0 Å². The first-order chi connectivity index (χ1) is 11.6. The van der Waals surface area contributed by atoms with E-state index in [2.05, 4.69) is 0 Å². The number of methoxy groups -OCH3 is 1. The van der Waals surface area contributed by atoms with Crippen molar-refractivity contribution in [2.75, 3.05) is 27.1 Å². The van der Waals surface area contributed by atoms with Crippen LogP contribution in [0.1, 0.15) is 15.9 Å². The van der Waals surface area contributed by atoms with Crippen LogP contribution in [0.4, 0.5) is 4.20 Å². The van der Waals surface area contributed by atoms with E-state index in [0.29, 0.717) is 11.1 Å². The van der Waals surface area contributed by atoms with Gasteiger partial charge < -0.3 is 0 Å². The second-order valence-electron chi connectivity index (χ2n) is 6.88. The quantitative estimate of drug-likeness (QED) is 0.192. The van der Waals surface area contributed by atoms with Crippen molar-refractivity contribution in [2.45, 2.75) is 0 Å². The Hall–Kier alpha value is -2.32. The summed E-state index contributed by atoms with van der Waals surface area (Å²) in [7, 11) is 1.19. The molecule has 0 aliphatic heterocycles. The van der Waals surface area contributed by atoms with Crippen LogP contribution in [0, 0.1) is 0 Å². The molecule has 25 heavy (non-hydrogen) atoms. The topological polar surface area (TPSA) is 43.4 Å². The Bertz CT molecular complexity index is 809. The van der Waals surface area contributed by atoms with E-state index in [0.717, 1.165) is 0 Å². The minimum atomic E-state index is -3.99. The van der Waals surface area contributed by atoms with Crippen molar-refractivity contribution >= 4 is 24.0 Å². The molecule has 0 atom stereocenters. The second kappa shape index (κ2) is 6.89. The number of ketones is 1. The van der Waals surface area contributed by atoms with Gasteiger partial charge >= 0.3 is 147 Å². The Labute approximate surface area is 147 Å². The van der Waals surface area contributed by atoms with Gasteiger partial charge in [-0.3, -0.25) is 0 Å². The Kier molecular flexibility index (Phi) is 5.24. The summed E-state index contributed by atoms with van der Waals surface area (Å²) in [5, 5.41) is 0.132. The number of benzene rings is 2. The zero-order valence-electron chi connectivity index (χ0n) is 14.8. The Balaban J connectivity index is 2.85. The molecule has 0 bridgehead atoms. The summed E-state index contributed by atoms with van der Waals surface area (Å²) in [6.07, 6.45) is 0. The van der Waals surface area contributed by atoms with Crippen LogP contribution in [0.5, 0.6) is 0 Å². The van der Waals surface area contributed by atoms with Gasteiger partial charge in [-0.15, -0.1) is 0 Å². The predicted molar refractivity (Wildman–Crippen MR) is 102 cm³/mol. The summed E-state index contributed by atoms with van der Waals surface area (Å²) in [6, 6.07) is 17.1. The molecular formula is C20H22FO3P. The molecule has 0 radical (unpaired) electrons. The van der Waals surface area contributed by atoms with Crippen LogP contribution in [-0.4, -0.2) is 38.9 Å². The molecule has 0 unspecified atom stereocenters. The average Bonchev–Trinajstić information content (AvgIpc) is 2.58. The first-order valence-corrected chi connectivity index (χ1v) is 11.3. The molecule has 0 saturated carbocycles. The molecule has 0 N–H and O–H groups in total. The zero-order chi connectivity index (χ0) is 18.7. The summed E-state index contributed by atoms with van der Waals surface area (Å²) in [5.41, 5.74) is 0.587. The maximum atomic E-state index is 15.8. The normalized spacial score (nSPS) is 14.0. The van der Waals surface area contributed by atoms with E-state index in [-0.39, 0.29) is 10.9 Å². The van der Waals surface area contributed by atoms with E-state index in [9.17, 15) is 9.59 Å². The fourth-order valence-corrected chi connectivity index (χ4v) is 4.66. The number of rotatable bonds is 5. The first-order valence-electron chi connectivity index (χ1n) is 7.83. The summed E-state index contributed by atoms with van der Waals surface area (Å²) in [6.45, 7) is 0.412. The number of ether oxygens (including phenoxy) is 1. The number of halogens is 1. The van der Waals surface area contributed by atoms with E-state index in [4.69, 9.17) is 4.74 Å². The number of carbonyl (C=O) groups excluding carboxylic acids is 2. The molecule has 2 aromatic rings. The van der Waals surface area contributed by atoms with Gasteiger partial charge in [0.1, 0.15) is 0 Å². The molecule has 3 nitrogen and oxygen atoms in total. The monoisotopic (exact) mass is 360 g/mol. The minimum absolute atomic E-state index is 0.132. The second-order valence-corrected chi connectivity index (χ2v) is 12.5. The van der Waals surface area contributed by atoms with Crippen molar-refractivity contribution in [2.24, 2.45) is 0 Å². The van der Waals surface area contributed by atoms with Crippen LogP contribution in [0.25, 0.3) is 5.31 Å². The van der Waals surface area contributed by atoms with Crippen LogP contribution in [0.15, 0.2) is 66.2 Å². The molecule has 2 aromatic carbocycles. The SMILES string of the molecule is COC(=O)/C(C(=O)c1ccccc1)=C(\c1ccccc1)P(C)(C)(C)F. The van der Waals surface area contributed by atoms with Gasteiger partial charge in [-0.05, 0) is 0 Å². The molecular weight excluding hydrogens is 338 g/mol. The van der Waals surface area contributed by atoms with Crippen LogP contribution in [0.2, 0.25) is 0 Å². The molecule has 0 heterocycles. The molecule has 0 aromatic heterocycles. The van der Waals surface area contributed by atoms with Crippen LogP contribution < -0.4 is 0 Å². The van der Waals surface area contributed by atoms with E-state index in [1.54, 1.807) is 60.7 Å². The molecule has 0 amide bonds. The van der Waals surface area contributed by atoms with Gasteiger partial charge in [0.15, 0.2) is 0 Å². The molecule has 0 fully saturated rings. The number of esters is 1. The summed E-state index contributed by atoms with van der Waals surface area (Å²) in [5.74, 6) is -1.37. The Morgan fingerprint density at radius 2 is 1.28 bits per heavy atom. The predicted octanol–water partition coefficient (Wildman–Crippen LogP) is 4.78. The van der Waals surface area contributed by atoms with Crippen molar-refractivity contribution in [1.29, 1.82) is 0 Å². The van der Waals surface area contributed by atoms with Gasteiger partial charge in [0.2, 0.25) is 0 Å². The number of hydrogen-bond donors (Lipinski definition) is 0. The summed E-state index contributed by atoms with van der Waals surface area (Å²) in [4.78, 5) is 25.5.